The summed E-state index contributed by atoms with van der Waals surface area (Å²) in [6.07, 6.45) is 7.29. The van der Waals surface area contributed by atoms with Gasteiger partial charge in [0.15, 0.2) is 0 Å². The second-order valence-electron chi connectivity index (χ2n) is 7.02. The van der Waals surface area contributed by atoms with Crippen LogP contribution in [0.15, 0.2) is 18.2 Å². The number of carbonyl (C=O) groups is 2. The van der Waals surface area contributed by atoms with Crippen LogP contribution in [0.2, 0.25) is 0 Å². The van der Waals surface area contributed by atoms with E-state index in [1.165, 1.54) is 18.4 Å². The molecule has 1 aliphatic carbocycles. The molecule has 0 bridgehead atoms. The van der Waals surface area contributed by atoms with Crippen LogP contribution in [0, 0.1) is 5.92 Å². The Kier molecular flexibility index (Phi) is 7.26. The van der Waals surface area contributed by atoms with Gasteiger partial charge in [-0.25, -0.2) is 0 Å². The molecule has 6 heteroatoms. The summed E-state index contributed by atoms with van der Waals surface area (Å²) in [5.74, 6) is 0.631. The fourth-order valence-corrected chi connectivity index (χ4v) is 3.85. The summed E-state index contributed by atoms with van der Waals surface area (Å²) in [5.41, 5.74) is 9.00. The zero-order chi connectivity index (χ0) is 16.9. The van der Waals surface area contributed by atoms with Crippen LogP contribution in [0.25, 0.3) is 0 Å². The molecule has 1 aromatic carbocycles. The second kappa shape index (κ2) is 9.20. The summed E-state index contributed by atoms with van der Waals surface area (Å²) in [4.78, 5) is 23.6. The molecule has 0 saturated heterocycles. The van der Waals surface area contributed by atoms with Crippen molar-refractivity contribution in [2.75, 3.05) is 11.9 Å². The first-order chi connectivity index (χ1) is 11.7. The quantitative estimate of drug-likeness (QED) is 0.724. The summed E-state index contributed by atoms with van der Waals surface area (Å²) in [6, 6.07) is 6.34. The van der Waals surface area contributed by atoms with E-state index in [9.17, 15) is 9.59 Å². The summed E-state index contributed by atoms with van der Waals surface area (Å²) < 4.78 is 0. The van der Waals surface area contributed by atoms with Gasteiger partial charge in [-0.2, -0.15) is 0 Å². The van der Waals surface area contributed by atoms with Gasteiger partial charge in [0, 0.05) is 18.2 Å². The van der Waals surface area contributed by atoms with Crippen LogP contribution in [-0.2, 0) is 22.4 Å². The van der Waals surface area contributed by atoms with Gasteiger partial charge < -0.3 is 16.4 Å². The van der Waals surface area contributed by atoms with Gasteiger partial charge in [-0.3, -0.25) is 9.59 Å². The minimum absolute atomic E-state index is 0. The molecule has 1 saturated carbocycles. The first-order valence-electron chi connectivity index (χ1n) is 9.07. The third kappa shape index (κ3) is 5.19. The number of fused-ring (bicyclic) bond motifs is 1. The number of benzene rings is 1. The van der Waals surface area contributed by atoms with E-state index < -0.39 is 0 Å². The number of amides is 2. The van der Waals surface area contributed by atoms with Crippen molar-refractivity contribution >= 4 is 29.9 Å². The second-order valence-corrected chi connectivity index (χ2v) is 7.02. The number of hydrogen-bond donors (Lipinski definition) is 3. The standard InChI is InChI=1S/C19H27N3O2.ClH/c20-12-14-5-1-2-6-16(14)21-18(23)7-3-4-13-8-9-17-15(10-13)11-19(24)22-17;/h8-10,14,16H,1-7,11-12,20H2,(H,21,23)(H,22,24);1H. The lowest BCUT2D eigenvalue weighted by Crippen LogP contribution is -2.44. The van der Waals surface area contributed by atoms with E-state index >= 15 is 0 Å². The van der Waals surface area contributed by atoms with Gasteiger partial charge in [-0.15, -0.1) is 12.4 Å². The average molecular weight is 366 g/mol. The van der Waals surface area contributed by atoms with Crippen LogP contribution < -0.4 is 16.4 Å². The fourth-order valence-electron chi connectivity index (χ4n) is 3.85. The van der Waals surface area contributed by atoms with Crippen LogP contribution >= 0.6 is 12.4 Å². The Balaban J connectivity index is 0.00000225. The molecule has 1 heterocycles. The number of nitrogens with one attached hydrogen (secondary N) is 2. The van der Waals surface area contributed by atoms with E-state index in [1.54, 1.807) is 0 Å². The van der Waals surface area contributed by atoms with Crippen molar-refractivity contribution in [3.63, 3.8) is 0 Å². The number of anilines is 1. The van der Waals surface area contributed by atoms with Gasteiger partial charge in [-0.1, -0.05) is 25.0 Å². The van der Waals surface area contributed by atoms with Gasteiger partial charge in [0.1, 0.15) is 0 Å². The third-order valence-corrected chi connectivity index (χ3v) is 5.22. The van der Waals surface area contributed by atoms with E-state index in [0.29, 0.717) is 25.3 Å². The molecule has 2 atom stereocenters. The third-order valence-electron chi connectivity index (χ3n) is 5.22. The van der Waals surface area contributed by atoms with E-state index in [0.717, 1.165) is 36.9 Å². The molecule has 1 aromatic rings. The molecule has 0 radical (unpaired) electrons. The van der Waals surface area contributed by atoms with Crippen LogP contribution in [0.3, 0.4) is 0 Å². The SMILES string of the molecule is Cl.NCC1CCCCC1NC(=O)CCCc1ccc2c(c1)CC(=O)N2. The van der Waals surface area contributed by atoms with Crippen LogP contribution in [0.4, 0.5) is 5.69 Å². The van der Waals surface area contributed by atoms with E-state index in [4.69, 9.17) is 5.73 Å². The highest BCUT2D eigenvalue weighted by atomic mass is 35.5. The summed E-state index contributed by atoms with van der Waals surface area (Å²) in [7, 11) is 0. The molecule has 2 aliphatic rings. The normalized spacial score (nSPS) is 21.9. The maximum Gasteiger partial charge on any atom is 0.228 e. The summed E-state index contributed by atoms with van der Waals surface area (Å²) in [6.45, 7) is 0.660. The maximum atomic E-state index is 12.2. The highest BCUT2D eigenvalue weighted by Crippen LogP contribution is 2.25. The summed E-state index contributed by atoms with van der Waals surface area (Å²) in [5, 5.41) is 6.02. The topological polar surface area (TPSA) is 84.2 Å². The van der Waals surface area contributed by atoms with Gasteiger partial charge in [0.05, 0.1) is 6.42 Å². The van der Waals surface area contributed by atoms with Gasteiger partial charge in [-0.05, 0) is 55.3 Å². The first-order valence-corrected chi connectivity index (χ1v) is 9.07. The van der Waals surface area contributed by atoms with Crippen molar-refractivity contribution in [1.82, 2.24) is 5.32 Å². The van der Waals surface area contributed by atoms with E-state index in [2.05, 4.69) is 16.7 Å². The number of nitrogens with two attached hydrogens (primary N) is 1. The minimum Gasteiger partial charge on any atom is -0.353 e. The van der Waals surface area contributed by atoms with Gasteiger partial charge in [0.2, 0.25) is 11.8 Å². The minimum atomic E-state index is 0. The van der Waals surface area contributed by atoms with Crippen molar-refractivity contribution < 1.29 is 9.59 Å². The largest absolute Gasteiger partial charge is 0.353 e. The highest BCUT2D eigenvalue weighted by molar-refractivity contribution is 5.99. The average Bonchev–Trinajstić information content (AvgIpc) is 2.94. The predicted molar refractivity (Wildman–Crippen MR) is 102 cm³/mol. The lowest BCUT2D eigenvalue weighted by Gasteiger charge is -2.31. The van der Waals surface area contributed by atoms with Crippen molar-refractivity contribution in [1.29, 1.82) is 0 Å². The molecule has 138 valence electrons. The molecule has 0 aromatic heterocycles. The monoisotopic (exact) mass is 365 g/mol. The maximum absolute atomic E-state index is 12.2. The molecular weight excluding hydrogens is 338 g/mol. The molecule has 2 unspecified atom stereocenters. The van der Waals surface area contributed by atoms with E-state index in [-0.39, 0.29) is 30.3 Å². The zero-order valence-electron chi connectivity index (χ0n) is 14.6. The molecule has 0 spiro atoms. The number of rotatable bonds is 6. The summed E-state index contributed by atoms with van der Waals surface area (Å²) >= 11 is 0. The Labute approximate surface area is 155 Å². The van der Waals surface area contributed by atoms with Crippen molar-refractivity contribution in [2.24, 2.45) is 11.7 Å². The van der Waals surface area contributed by atoms with Crippen LogP contribution in [0.5, 0.6) is 0 Å². The number of hydrogen-bond acceptors (Lipinski definition) is 3. The highest BCUT2D eigenvalue weighted by Gasteiger charge is 2.25. The number of aryl methyl sites for hydroxylation is 1. The molecular formula is C19H28ClN3O2. The smallest absolute Gasteiger partial charge is 0.228 e. The Morgan fingerprint density at radius 2 is 2.08 bits per heavy atom. The van der Waals surface area contributed by atoms with Gasteiger partial charge in [0.25, 0.3) is 0 Å². The zero-order valence-corrected chi connectivity index (χ0v) is 15.4. The first kappa shape index (κ1) is 19.7. The lowest BCUT2D eigenvalue weighted by atomic mass is 9.84. The predicted octanol–water partition coefficient (Wildman–Crippen LogP) is 2.56. The Morgan fingerprint density at radius 3 is 2.88 bits per heavy atom. The Hall–Kier alpha value is -1.59. The number of halogens is 1. The molecule has 5 nitrogen and oxygen atoms in total. The number of carbonyl (C=O) groups excluding carboxylic acids is 2. The van der Waals surface area contributed by atoms with Crippen LogP contribution in [-0.4, -0.2) is 24.4 Å². The molecule has 4 N–H and O–H groups in total. The molecule has 1 fully saturated rings. The van der Waals surface area contributed by atoms with Crippen molar-refractivity contribution in [2.45, 2.75) is 57.4 Å². The van der Waals surface area contributed by atoms with Crippen LogP contribution in [0.1, 0.15) is 49.7 Å². The van der Waals surface area contributed by atoms with E-state index in [1.807, 2.05) is 12.1 Å². The molecule has 1 aliphatic heterocycles. The lowest BCUT2D eigenvalue weighted by molar-refractivity contribution is -0.122. The molecule has 2 amide bonds. The molecule has 25 heavy (non-hydrogen) atoms. The Bertz CT molecular complexity index is 621. The van der Waals surface area contributed by atoms with Crippen molar-refractivity contribution in [3.05, 3.63) is 29.3 Å². The van der Waals surface area contributed by atoms with Crippen molar-refractivity contribution in [3.8, 4) is 0 Å². The van der Waals surface area contributed by atoms with Gasteiger partial charge >= 0.3 is 0 Å². The Morgan fingerprint density at radius 1 is 1.28 bits per heavy atom. The molecule has 3 rings (SSSR count). The fraction of sp³-hybridized carbons (Fsp3) is 0.579.